The van der Waals surface area contributed by atoms with Crippen LogP contribution >= 0.6 is 0 Å². The van der Waals surface area contributed by atoms with Crippen LogP contribution in [0.5, 0.6) is 0 Å². The van der Waals surface area contributed by atoms with Crippen LogP contribution in [0.3, 0.4) is 0 Å². The van der Waals surface area contributed by atoms with Crippen LogP contribution in [-0.4, -0.2) is 52.7 Å². The van der Waals surface area contributed by atoms with Gasteiger partial charge < -0.3 is 9.64 Å². The van der Waals surface area contributed by atoms with E-state index in [2.05, 4.69) is 22.1 Å². The molecule has 0 atom stereocenters. The summed E-state index contributed by atoms with van der Waals surface area (Å²) in [5.74, 6) is 0.852. The number of pyridine rings is 1. The van der Waals surface area contributed by atoms with E-state index in [-0.39, 0.29) is 5.97 Å². The first-order chi connectivity index (χ1) is 9.70. The van der Waals surface area contributed by atoms with Crippen molar-refractivity contribution in [1.29, 1.82) is 0 Å². The Balaban J connectivity index is 2.05. The Morgan fingerprint density at radius 3 is 2.75 bits per heavy atom. The molecule has 3 rings (SSSR count). The van der Waals surface area contributed by atoms with E-state index in [0.717, 1.165) is 31.8 Å². The van der Waals surface area contributed by atoms with Gasteiger partial charge in [-0.1, -0.05) is 6.07 Å². The summed E-state index contributed by atoms with van der Waals surface area (Å²) in [7, 11) is 3.51. The first-order valence-corrected chi connectivity index (χ1v) is 6.81. The van der Waals surface area contributed by atoms with Gasteiger partial charge in [0.05, 0.1) is 7.11 Å². The van der Waals surface area contributed by atoms with Gasteiger partial charge in [-0.05, 0) is 45.1 Å². The summed E-state index contributed by atoms with van der Waals surface area (Å²) < 4.78 is 6.68. The molecule has 20 heavy (non-hydrogen) atoms. The Bertz CT molecular complexity index is 629. The number of rotatable bonds is 2. The Morgan fingerprint density at radius 2 is 2.05 bits per heavy atom. The van der Waals surface area contributed by atoms with Gasteiger partial charge >= 0.3 is 5.97 Å². The molecule has 3 heterocycles. The number of hydrogen-bond acceptors (Lipinski definition) is 5. The van der Waals surface area contributed by atoms with Gasteiger partial charge in [-0.25, -0.2) is 4.79 Å². The maximum Gasteiger partial charge on any atom is 0.355 e. The lowest BCUT2D eigenvalue weighted by atomic mass is 9.96. The van der Waals surface area contributed by atoms with E-state index < -0.39 is 0 Å². The van der Waals surface area contributed by atoms with Gasteiger partial charge in [0, 0.05) is 5.92 Å². The molecule has 0 radical (unpaired) electrons. The Kier molecular flexibility index (Phi) is 3.40. The molecule has 0 saturated carbocycles. The van der Waals surface area contributed by atoms with Crippen LogP contribution in [0.25, 0.3) is 5.65 Å². The number of piperidine rings is 1. The van der Waals surface area contributed by atoms with E-state index in [1.54, 1.807) is 12.1 Å². The third-order valence-corrected chi connectivity index (χ3v) is 3.93. The fourth-order valence-electron chi connectivity index (χ4n) is 2.76. The van der Waals surface area contributed by atoms with Gasteiger partial charge in [0.15, 0.2) is 5.65 Å². The molecular formula is C14H18N4O2. The lowest BCUT2D eigenvalue weighted by molar-refractivity contribution is 0.0591. The minimum atomic E-state index is -0.357. The maximum absolute atomic E-state index is 11.9. The predicted octanol–water partition coefficient (Wildman–Crippen LogP) is 1.33. The van der Waals surface area contributed by atoms with Crippen molar-refractivity contribution in [1.82, 2.24) is 19.5 Å². The number of hydrogen-bond donors (Lipinski definition) is 0. The lowest BCUT2D eigenvalue weighted by Gasteiger charge is -2.28. The van der Waals surface area contributed by atoms with Crippen molar-refractivity contribution in [3.05, 3.63) is 29.7 Å². The number of carbonyl (C=O) groups is 1. The Labute approximate surface area is 117 Å². The quantitative estimate of drug-likeness (QED) is 0.773. The molecule has 2 aromatic rings. The highest BCUT2D eigenvalue weighted by Crippen LogP contribution is 2.27. The summed E-state index contributed by atoms with van der Waals surface area (Å²) in [6, 6.07) is 5.41. The molecule has 1 fully saturated rings. The topological polar surface area (TPSA) is 59.7 Å². The van der Waals surface area contributed by atoms with Gasteiger partial charge in [0.25, 0.3) is 0 Å². The summed E-state index contributed by atoms with van der Waals surface area (Å²) in [5, 5.41) is 8.49. The second-order valence-corrected chi connectivity index (χ2v) is 5.23. The van der Waals surface area contributed by atoms with Crippen LogP contribution in [0.15, 0.2) is 18.2 Å². The van der Waals surface area contributed by atoms with Crippen molar-refractivity contribution in [2.45, 2.75) is 18.8 Å². The molecule has 6 heteroatoms. The van der Waals surface area contributed by atoms with E-state index in [9.17, 15) is 4.79 Å². The number of carbonyl (C=O) groups excluding carboxylic acids is 1. The van der Waals surface area contributed by atoms with Crippen molar-refractivity contribution in [3.8, 4) is 0 Å². The second kappa shape index (κ2) is 5.20. The fourth-order valence-corrected chi connectivity index (χ4v) is 2.76. The molecule has 0 unspecified atom stereocenters. The molecular weight excluding hydrogens is 256 g/mol. The highest BCUT2D eigenvalue weighted by atomic mass is 16.5. The first-order valence-electron chi connectivity index (χ1n) is 6.81. The number of fused-ring (bicyclic) bond motifs is 1. The van der Waals surface area contributed by atoms with Crippen LogP contribution in [0.1, 0.15) is 35.1 Å². The molecule has 1 aliphatic rings. The summed E-state index contributed by atoms with van der Waals surface area (Å²) in [6.07, 6.45) is 2.07. The third kappa shape index (κ3) is 2.16. The van der Waals surface area contributed by atoms with Crippen molar-refractivity contribution in [2.75, 3.05) is 27.2 Å². The summed E-state index contributed by atoms with van der Waals surface area (Å²) in [6.45, 7) is 2.08. The average molecular weight is 274 g/mol. The number of methoxy groups -OCH3 is 1. The third-order valence-electron chi connectivity index (χ3n) is 3.93. The molecule has 0 spiro atoms. The standard InChI is InChI=1S/C14H18N4O2/c1-17-8-6-10(7-9-17)13-16-15-12-5-3-4-11(18(12)13)14(19)20-2/h3-5,10H,6-9H2,1-2H3. The van der Waals surface area contributed by atoms with E-state index in [0.29, 0.717) is 17.3 Å². The Morgan fingerprint density at radius 1 is 1.30 bits per heavy atom. The molecule has 106 valence electrons. The molecule has 0 bridgehead atoms. The van der Waals surface area contributed by atoms with Crippen LogP contribution in [-0.2, 0) is 4.74 Å². The predicted molar refractivity (Wildman–Crippen MR) is 73.8 cm³/mol. The van der Waals surface area contributed by atoms with Crippen molar-refractivity contribution < 1.29 is 9.53 Å². The van der Waals surface area contributed by atoms with Crippen LogP contribution in [0.2, 0.25) is 0 Å². The van der Waals surface area contributed by atoms with E-state index in [1.807, 2.05) is 10.5 Å². The molecule has 0 aliphatic carbocycles. The smallest absolute Gasteiger partial charge is 0.355 e. The molecule has 2 aromatic heterocycles. The number of nitrogens with zero attached hydrogens (tertiary/aromatic N) is 4. The summed E-state index contributed by atoms with van der Waals surface area (Å²) >= 11 is 0. The second-order valence-electron chi connectivity index (χ2n) is 5.23. The highest BCUT2D eigenvalue weighted by Gasteiger charge is 2.25. The normalized spacial score (nSPS) is 17.5. The van der Waals surface area contributed by atoms with Gasteiger partial charge in [-0.15, -0.1) is 10.2 Å². The summed E-state index contributed by atoms with van der Waals surface area (Å²) in [4.78, 5) is 14.2. The molecule has 1 saturated heterocycles. The zero-order valence-corrected chi connectivity index (χ0v) is 11.7. The van der Waals surface area contributed by atoms with Crippen molar-refractivity contribution in [2.24, 2.45) is 0 Å². The van der Waals surface area contributed by atoms with Crippen LogP contribution in [0.4, 0.5) is 0 Å². The van der Waals surface area contributed by atoms with E-state index >= 15 is 0 Å². The first kappa shape index (κ1) is 13.1. The minimum Gasteiger partial charge on any atom is -0.464 e. The molecule has 0 N–H and O–H groups in total. The lowest BCUT2D eigenvalue weighted by Crippen LogP contribution is -2.30. The molecule has 0 aromatic carbocycles. The average Bonchev–Trinajstić information content (AvgIpc) is 2.91. The Hall–Kier alpha value is -1.95. The molecule has 1 aliphatic heterocycles. The van der Waals surface area contributed by atoms with Crippen LogP contribution in [0, 0.1) is 0 Å². The monoisotopic (exact) mass is 274 g/mol. The van der Waals surface area contributed by atoms with Crippen molar-refractivity contribution in [3.63, 3.8) is 0 Å². The maximum atomic E-state index is 11.9. The highest BCUT2D eigenvalue weighted by molar-refractivity contribution is 5.88. The SMILES string of the molecule is COC(=O)c1cccc2nnc(C3CCN(C)CC3)n12. The summed E-state index contributed by atoms with van der Waals surface area (Å²) in [5.41, 5.74) is 1.19. The van der Waals surface area contributed by atoms with E-state index in [1.165, 1.54) is 7.11 Å². The van der Waals surface area contributed by atoms with Crippen LogP contribution < -0.4 is 0 Å². The number of ether oxygens (including phenoxy) is 1. The van der Waals surface area contributed by atoms with Crippen molar-refractivity contribution >= 4 is 11.6 Å². The zero-order valence-electron chi connectivity index (χ0n) is 11.7. The largest absolute Gasteiger partial charge is 0.464 e. The number of esters is 1. The van der Waals surface area contributed by atoms with E-state index in [4.69, 9.17) is 4.74 Å². The number of aromatic nitrogens is 3. The fraction of sp³-hybridized carbons (Fsp3) is 0.500. The zero-order chi connectivity index (χ0) is 14.1. The minimum absolute atomic E-state index is 0.340. The van der Waals surface area contributed by atoms with Gasteiger partial charge in [-0.3, -0.25) is 4.40 Å². The van der Waals surface area contributed by atoms with Gasteiger partial charge in [0.2, 0.25) is 0 Å². The molecule has 0 amide bonds. The molecule has 6 nitrogen and oxygen atoms in total. The van der Waals surface area contributed by atoms with Gasteiger partial charge in [-0.2, -0.15) is 0 Å². The van der Waals surface area contributed by atoms with Gasteiger partial charge in [0.1, 0.15) is 11.5 Å². The number of likely N-dealkylation sites (tertiary alicyclic amines) is 1.